The monoisotopic (exact) mass is 287 g/mol. The summed E-state index contributed by atoms with van der Waals surface area (Å²) < 4.78 is 27.5. The summed E-state index contributed by atoms with van der Waals surface area (Å²) in [6.45, 7) is 0. The molecule has 3 heteroatoms. The number of halogens is 2. The average molecular weight is 287 g/mol. The predicted molar refractivity (Wildman–Crippen MR) is 80.4 cm³/mol. The number of nitrogens with one attached hydrogen (secondary N) is 1. The zero-order chi connectivity index (χ0) is 14.8. The molecule has 2 aromatic rings. The summed E-state index contributed by atoms with van der Waals surface area (Å²) >= 11 is 0. The molecule has 1 nitrogen and oxygen atoms in total. The Morgan fingerprint density at radius 1 is 1.10 bits per heavy atom. The van der Waals surface area contributed by atoms with Crippen molar-refractivity contribution in [2.75, 3.05) is 7.05 Å². The molecule has 0 bridgehead atoms. The van der Waals surface area contributed by atoms with Gasteiger partial charge in [0.15, 0.2) is 0 Å². The molecular formula is C18H19F2N. The molecule has 0 saturated carbocycles. The van der Waals surface area contributed by atoms with E-state index >= 15 is 0 Å². The second-order valence-electron chi connectivity index (χ2n) is 5.73. The van der Waals surface area contributed by atoms with Crippen LogP contribution < -0.4 is 5.32 Å². The van der Waals surface area contributed by atoms with Crippen LogP contribution in [-0.4, -0.2) is 13.1 Å². The zero-order valence-corrected chi connectivity index (χ0v) is 12.1. The lowest BCUT2D eigenvalue weighted by molar-refractivity contribution is 0.425. The lowest BCUT2D eigenvalue weighted by Crippen LogP contribution is -2.33. The minimum Gasteiger partial charge on any atom is -0.317 e. The quantitative estimate of drug-likeness (QED) is 0.881. The Kier molecular flexibility index (Phi) is 4.02. The highest BCUT2D eigenvalue weighted by molar-refractivity contribution is 5.40. The van der Waals surface area contributed by atoms with Crippen molar-refractivity contribution in [1.82, 2.24) is 5.32 Å². The van der Waals surface area contributed by atoms with Crippen molar-refractivity contribution in [3.63, 3.8) is 0 Å². The number of fused-ring (bicyclic) bond motifs is 1. The molecule has 110 valence electrons. The summed E-state index contributed by atoms with van der Waals surface area (Å²) in [4.78, 5) is 0. The zero-order valence-electron chi connectivity index (χ0n) is 12.1. The lowest BCUT2D eigenvalue weighted by atomic mass is 9.74. The molecule has 0 aromatic heterocycles. The summed E-state index contributed by atoms with van der Waals surface area (Å²) in [5.41, 5.74) is 2.96. The molecule has 21 heavy (non-hydrogen) atoms. The second-order valence-corrected chi connectivity index (χ2v) is 5.73. The van der Waals surface area contributed by atoms with E-state index in [1.807, 2.05) is 7.05 Å². The van der Waals surface area contributed by atoms with Crippen LogP contribution in [0.1, 0.15) is 29.0 Å². The SMILES string of the molecule is CNC(Cc1c(F)cccc1F)CC1Cc2ccccc21. The Morgan fingerprint density at radius 2 is 1.81 bits per heavy atom. The average Bonchev–Trinajstić information content (AvgIpc) is 2.46. The first-order valence-electron chi connectivity index (χ1n) is 7.37. The highest BCUT2D eigenvalue weighted by Gasteiger charge is 2.28. The molecule has 0 amide bonds. The Bertz CT molecular complexity index is 619. The van der Waals surface area contributed by atoms with Crippen LogP contribution in [0.5, 0.6) is 0 Å². The summed E-state index contributed by atoms with van der Waals surface area (Å²) in [5, 5.41) is 3.20. The standard InChI is InChI=1S/C18H19F2N/c1-21-14(11-16-17(19)7-4-8-18(16)20)10-13-9-12-5-2-3-6-15(12)13/h2-8,13-14,21H,9-11H2,1H3. The molecule has 0 radical (unpaired) electrons. The van der Waals surface area contributed by atoms with Crippen LogP contribution in [0.3, 0.4) is 0 Å². The number of hydrogen-bond donors (Lipinski definition) is 1. The van der Waals surface area contributed by atoms with E-state index in [0.29, 0.717) is 12.3 Å². The topological polar surface area (TPSA) is 12.0 Å². The summed E-state index contributed by atoms with van der Waals surface area (Å²) in [6.07, 6.45) is 2.35. The van der Waals surface area contributed by atoms with Gasteiger partial charge in [0, 0.05) is 11.6 Å². The minimum atomic E-state index is -0.454. The second kappa shape index (κ2) is 5.94. The van der Waals surface area contributed by atoms with Gasteiger partial charge in [0.25, 0.3) is 0 Å². The molecular weight excluding hydrogens is 268 g/mol. The highest BCUT2D eigenvalue weighted by atomic mass is 19.1. The van der Waals surface area contributed by atoms with E-state index in [2.05, 4.69) is 29.6 Å². The lowest BCUT2D eigenvalue weighted by Gasteiger charge is -2.33. The van der Waals surface area contributed by atoms with Crippen molar-refractivity contribution >= 4 is 0 Å². The third kappa shape index (κ3) is 2.84. The van der Waals surface area contributed by atoms with Crippen molar-refractivity contribution in [1.29, 1.82) is 0 Å². The molecule has 2 unspecified atom stereocenters. The minimum absolute atomic E-state index is 0.0785. The van der Waals surface area contributed by atoms with Gasteiger partial charge in [-0.3, -0.25) is 0 Å². The summed E-state index contributed by atoms with van der Waals surface area (Å²) in [7, 11) is 1.86. The molecule has 1 N–H and O–H groups in total. The van der Waals surface area contributed by atoms with Crippen molar-refractivity contribution < 1.29 is 8.78 Å². The van der Waals surface area contributed by atoms with Gasteiger partial charge in [-0.2, -0.15) is 0 Å². The van der Waals surface area contributed by atoms with Gasteiger partial charge in [-0.15, -0.1) is 0 Å². The van der Waals surface area contributed by atoms with Gasteiger partial charge in [0.2, 0.25) is 0 Å². The predicted octanol–water partition coefficient (Wildman–Crippen LogP) is 3.83. The van der Waals surface area contributed by atoms with E-state index in [0.717, 1.165) is 12.8 Å². The van der Waals surface area contributed by atoms with E-state index in [1.165, 1.54) is 29.3 Å². The van der Waals surface area contributed by atoms with Crippen LogP contribution in [0.2, 0.25) is 0 Å². The van der Waals surface area contributed by atoms with E-state index in [1.54, 1.807) is 0 Å². The fourth-order valence-electron chi connectivity index (χ4n) is 3.19. The molecule has 2 atom stereocenters. The summed E-state index contributed by atoms with van der Waals surface area (Å²) in [5.74, 6) is -0.415. The van der Waals surface area contributed by atoms with Crippen molar-refractivity contribution in [2.24, 2.45) is 0 Å². The van der Waals surface area contributed by atoms with Gasteiger partial charge in [0.1, 0.15) is 11.6 Å². The first-order valence-corrected chi connectivity index (χ1v) is 7.37. The van der Waals surface area contributed by atoms with Crippen molar-refractivity contribution in [3.8, 4) is 0 Å². The Balaban J connectivity index is 1.70. The van der Waals surface area contributed by atoms with Crippen LogP contribution in [0.25, 0.3) is 0 Å². The van der Waals surface area contributed by atoms with Crippen molar-refractivity contribution in [2.45, 2.75) is 31.2 Å². The smallest absolute Gasteiger partial charge is 0.129 e. The molecule has 1 aliphatic carbocycles. The Morgan fingerprint density at radius 3 is 2.48 bits per heavy atom. The largest absolute Gasteiger partial charge is 0.317 e. The molecule has 0 saturated heterocycles. The molecule has 2 aromatic carbocycles. The van der Waals surface area contributed by atoms with Crippen LogP contribution in [0.15, 0.2) is 42.5 Å². The van der Waals surface area contributed by atoms with E-state index in [9.17, 15) is 8.78 Å². The fourth-order valence-corrected chi connectivity index (χ4v) is 3.19. The number of hydrogen-bond acceptors (Lipinski definition) is 1. The molecule has 0 spiro atoms. The maximum atomic E-state index is 13.8. The maximum absolute atomic E-state index is 13.8. The van der Waals surface area contributed by atoms with Gasteiger partial charge in [-0.1, -0.05) is 30.3 Å². The highest BCUT2D eigenvalue weighted by Crippen LogP contribution is 2.38. The summed E-state index contributed by atoms with van der Waals surface area (Å²) in [6, 6.07) is 12.5. The van der Waals surface area contributed by atoms with E-state index in [-0.39, 0.29) is 11.6 Å². The number of rotatable bonds is 5. The molecule has 1 aliphatic rings. The Labute approximate surface area is 124 Å². The van der Waals surface area contributed by atoms with E-state index < -0.39 is 11.6 Å². The van der Waals surface area contributed by atoms with Crippen LogP contribution in [0, 0.1) is 11.6 Å². The Hall–Kier alpha value is -1.74. The third-order valence-corrected chi connectivity index (χ3v) is 4.45. The first kappa shape index (κ1) is 14.2. The molecule has 0 aliphatic heterocycles. The van der Waals surface area contributed by atoms with Gasteiger partial charge in [0.05, 0.1) is 0 Å². The van der Waals surface area contributed by atoms with Crippen molar-refractivity contribution in [3.05, 3.63) is 70.8 Å². The maximum Gasteiger partial charge on any atom is 0.129 e. The third-order valence-electron chi connectivity index (χ3n) is 4.45. The van der Waals surface area contributed by atoms with E-state index in [4.69, 9.17) is 0 Å². The fraction of sp³-hybridized carbons (Fsp3) is 0.333. The van der Waals surface area contributed by atoms with Gasteiger partial charge in [-0.05, 0) is 55.5 Å². The van der Waals surface area contributed by atoms with Gasteiger partial charge in [-0.25, -0.2) is 8.78 Å². The van der Waals surface area contributed by atoms with Crippen LogP contribution >= 0.6 is 0 Å². The normalized spacial score (nSPS) is 18.0. The van der Waals surface area contributed by atoms with Gasteiger partial charge < -0.3 is 5.32 Å². The van der Waals surface area contributed by atoms with Crippen LogP contribution in [-0.2, 0) is 12.8 Å². The molecule has 0 heterocycles. The first-order chi connectivity index (χ1) is 10.2. The number of benzene rings is 2. The van der Waals surface area contributed by atoms with Gasteiger partial charge >= 0.3 is 0 Å². The molecule has 3 rings (SSSR count). The molecule has 0 fully saturated rings. The number of likely N-dealkylation sites (N-methyl/N-ethyl adjacent to an activating group) is 1. The van der Waals surface area contributed by atoms with Crippen LogP contribution in [0.4, 0.5) is 8.78 Å².